The fraction of sp³-hybridized carbons (Fsp3) is 0.118. The van der Waals surface area contributed by atoms with Crippen LogP contribution in [0.3, 0.4) is 0 Å². The molecule has 0 atom stereocenters. The van der Waals surface area contributed by atoms with Crippen LogP contribution in [0.2, 0.25) is 0 Å². The zero-order valence-electron chi connectivity index (χ0n) is 12.2. The van der Waals surface area contributed by atoms with E-state index in [1.807, 2.05) is 19.1 Å². The van der Waals surface area contributed by atoms with Crippen LogP contribution in [0.4, 0.5) is 0 Å². The number of aromatic nitrogens is 2. The number of aryl methyl sites for hydroxylation is 1. The predicted molar refractivity (Wildman–Crippen MR) is 85.1 cm³/mol. The van der Waals surface area contributed by atoms with Crippen LogP contribution >= 0.6 is 0 Å². The van der Waals surface area contributed by atoms with E-state index in [1.54, 1.807) is 12.1 Å². The van der Waals surface area contributed by atoms with Crippen molar-refractivity contribution < 1.29 is 14.3 Å². The van der Waals surface area contributed by atoms with Crippen molar-refractivity contribution in [1.82, 2.24) is 9.38 Å². The van der Waals surface area contributed by atoms with Gasteiger partial charge in [0.05, 0.1) is 22.0 Å². The van der Waals surface area contributed by atoms with Gasteiger partial charge in [-0.1, -0.05) is 19.1 Å². The molecule has 6 nitrogen and oxygen atoms in total. The van der Waals surface area contributed by atoms with Gasteiger partial charge in [-0.3, -0.25) is 4.79 Å². The highest BCUT2D eigenvalue weighted by Crippen LogP contribution is 2.22. The number of nitrogens with zero attached hydrogens (tertiary/aromatic N) is 2. The van der Waals surface area contributed by atoms with Gasteiger partial charge in [0.2, 0.25) is 0 Å². The minimum absolute atomic E-state index is 0.0996. The Morgan fingerprint density at radius 3 is 2.87 bits per heavy atom. The molecule has 0 fully saturated rings. The molecule has 4 aromatic rings. The van der Waals surface area contributed by atoms with E-state index in [1.165, 1.54) is 16.5 Å². The first-order valence-corrected chi connectivity index (χ1v) is 7.20. The van der Waals surface area contributed by atoms with Gasteiger partial charge in [0, 0.05) is 0 Å². The predicted octanol–water partition coefficient (Wildman–Crippen LogP) is 2.85. The lowest BCUT2D eigenvalue weighted by Crippen LogP contribution is -2.14. The van der Waals surface area contributed by atoms with Crippen LogP contribution in [-0.4, -0.2) is 20.5 Å². The molecule has 2 aromatic carbocycles. The van der Waals surface area contributed by atoms with Gasteiger partial charge in [-0.15, -0.1) is 0 Å². The molecule has 1 N–H and O–H groups in total. The molecular formula is C17H12N2O4. The Morgan fingerprint density at radius 1 is 1.30 bits per heavy atom. The Balaban J connectivity index is 2.24. The van der Waals surface area contributed by atoms with E-state index in [0.717, 1.165) is 5.56 Å². The largest absolute Gasteiger partial charge is 0.478 e. The Bertz CT molecular complexity index is 1150. The van der Waals surface area contributed by atoms with Crippen LogP contribution in [0.25, 0.3) is 27.8 Å². The molecule has 0 spiro atoms. The van der Waals surface area contributed by atoms with Gasteiger partial charge in [-0.25, -0.2) is 9.20 Å². The molecule has 0 aliphatic heterocycles. The molecule has 114 valence electrons. The van der Waals surface area contributed by atoms with Crippen molar-refractivity contribution in [3.63, 3.8) is 0 Å². The molecule has 0 saturated carbocycles. The average Bonchev–Trinajstić information content (AvgIpc) is 2.91. The van der Waals surface area contributed by atoms with Crippen molar-refractivity contribution in [2.75, 3.05) is 0 Å². The van der Waals surface area contributed by atoms with Gasteiger partial charge in [0.1, 0.15) is 5.58 Å². The zero-order valence-corrected chi connectivity index (χ0v) is 12.2. The Kier molecular flexibility index (Phi) is 2.74. The number of imidazole rings is 1. The molecule has 0 bridgehead atoms. The summed E-state index contributed by atoms with van der Waals surface area (Å²) in [4.78, 5) is 28.4. The van der Waals surface area contributed by atoms with Crippen LogP contribution in [-0.2, 0) is 6.42 Å². The Labute approximate surface area is 129 Å². The lowest BCUT2D eigenvalue weighted by Gasteiger charge is -2.03. The summed E-state index contributed by atoms with van der Waals surface area (Å²) in [6.07, 6.45) is 0.695. The molecule has 6 heteroatoms. The first kappa shape index (κ1) is 13.5. The van der Waals surface area contributed by atoms with Gasteiger partial charge in [-0.2, -0.15) is 4.98 Å². The third-order valence-electron chi connectivity index (χ3n) is 3.98. The number of carboxylic acid groups (broad SMARTS) is 1. The standard InChI is InChI=1S/C17H12N2O4/c1-2-9-4-3-5-13-14(9)15(20)19-12-8-10(16(21)22)6-7-11(12)18-17(19)23-13/h3-8H,2H2,1H3,(H,21,22). The smallest absolute Gasteiger partial charge is 0.335 e. The molecular weight excluding hydrogens is 296 g/mol. The topological polar surface area (TPSA) is 84.8 Å². The first-order chi connectivity index (χ1) is 11.1. The van der Waals surface area contributed by atoms with Crippen LogP contribution in [0.5, 0.6) is 0 Å². The van der Waals surface area contributed by atoms with Gasteiger partial charge in [-0.05, 0) is 36.2 Å². The van der Waals surface area contributed by atoms with E-state index >= 15 is 0 Å². The summed E-state index contributed by atoms with van der Waals surface area (Å²) in [6, 6.07) is 9.93. The van der Waals surface area contributed by atoms with Crippen molar-refractivity contribution in [2.45, 2.75) is 13.3 Å². The summed E-state index contributed by atoms with van der Waals surface area (Å²) in [5.41, 5.74) is 2.17. The first-order valence-electron chi connectivity index (χ1n) is 7.20. The van der Waals surface area contributed by atoms with E-state index in [9.17, 15) is 9.59 Å². The van der Waals surface area contributed by atoms with Crippen LogP contribution < -0.4 is 5.56 Å². The lowest BCUT2D eigenvalue weighted by molar-refractivity contribution is 0.0697. The SMILES string of the molecule is CCc1cccc2oc3nc4ccc(C(=O)O)cc4n3c(=O)c12. The van der Waals surface area contributed by atoms with Crippen molar-refractivity contribution in [2.24, 2.45) is 0 Å². The van der Waals surface area contributed by atoms with Gasteiger partial charge in [0.25, 0.3) is 5.56 Å². The van der Waals surface area contributed by atoms with Gasteiger partial charge in [0.15, 0.2) is 0 Å². The molecule has 0 aliphatic rings. The third-order valence-corrected chi connectivity index (χ3v) is 3.98. The fourth-order valence-electron chi connectivity index (χ4n) is 2.86. The van der Waals surface area contributed by atoms with Crippen LogP contribution in [0, 0.1) is 0 Å². The maximum atomic E-state index is 12.9. The van der Waals surface area contributed by atoms with E-state index in [4.69, 9.17) is 9.52 Å². The van der Waals surface area contributed by atoms with Crippen molar-refractivity contribution in [1.29, 1.82) is 0 Å². The molecule has 2 aromatic heterocycles. The number of hydrogen-bond acceptors (Lipinski definition) is 4. The van der Waals surface area contributed by atoms with Crippen LogP contribution in [0.15, 0.2) is 45.6 Å². The summed E-state index contributed by atoms with van der Waals surface area (Å²) in [5.74, 6) is -0.894. The number of carboxylic acids is 1. The van der Waals surface area contributed by atoms with Crippen molar-refractivity contribution in [3.05, 3.63) is 57.9 Å². The van der Waals surface area contributed by atoms with Crippen LogP contribution in [0.1, 0.15) is 22.8 Å². The molecule has 0 radical (unpaired) electrons. The second-order valence-corrected chi connectivity index (χ2v) is 5.29. The molecule has 23 heavy (non-hydrogen) atoms. The maximum absolute atomic E-state index is 12.9. The number of benzene rings is 2. The zero-order chi connectivity index (χ0) is 16.1. The molecule has 0 amide bonds. The van der Waals surface area contributed by atoms with Gasteiger partial charge < -0.3 is 9.52 Å². The number of aromatic carboxylic acids is 1. The minimum atomic E-state index is -1.05. The number of hydrogen-bond donors (Lipinski definition) is 1. The Hall–Kier alpha value is -3.15. The van der Waals surface area contributed by atoms with E-state index < -0.39 is 5.97 Å². The van der Waals surface area contributed by atoms with Crippen molar-refractivity contribution >= 4 is 33.8 Å². The highest BCUT2D eigenvalue weighted by atomic mass is 16.4. The number of rotatable bonds is 2. The Morgan fingerprint density at radius 2 is 2.13 bits per heavy atom. The summed E-state index contributed by atoms with van der Waals surface area (Å²) < 4.78 is 7.10. The quantitative estimate of drug-likeness (QED) is 0.615. The summed E-state index contributed by atoms with van der Waals surface area (Å²) in [7, 11) is 0. The normalized spacial score (nSPS) is 11.5. The van der Waals surface area contributed by atoms with E-state index in [-0.39, 0.29) is 17.0 Å². The van der Waals surface area contributed by atoms with Gasteiger partial charge >= 0.3 is 11.8 Å². The molecule has 0 aliphatic carbocycles. The maximum Gasteiger partial charge on any atom is 0.335 e. The summed E-state index contributed by atoms with van der Waals surface area (Å²) >= 11 is 0. The monoisotopic (exact) mass is 308 g/mol. The molecule has 0 unspecified atom stereocenters. The molecule has 2 heterocycles. The lowest BCUT2D eigenvalue weighted by atomic mass is 10.1. The highest BCUT2D eigenvalue weighted by molar-refractivity contribution is 5.93. The van der Waals surface area contributed by atoms with Crippen molar-refractivity contribution in [3.8, 4) is 0 Å². The second-order valence-electron chi connectivity index (χ2n) is 5.29. The minimum Gasteiger partial charge on any atom is -0.478 e. The summed E-state index contributed by atoms with van der Waals surface area (Å²) in [5, 5.41) is 9.65. The molecule has 0 saturated heterocycles. The highest BCUT2D eigenvalue weighted by Gasteiger charge is 2.16. The van der Waals surface area contributed by atoms with E-state index in [0.29, 0.717) is 28.4 Å². The number of carbonyl (C=O) groups is 1. The summed E-state index contributed by atoms with van der Waals surface area (Å²) in [6.45, 7) is 1.97. The molecule has 4 rings (SSSR count). The fourth-order valence-corrected chi connectivity index (χ4v) is 2.86. The second kappa shape index (κ2) is 4.67. The van der Waals surface area contributed by atoms with E-state index in [2.05, 4.69) is 4.98 Å². The average molecular weight is 308 g/mol. The number of fused-ring (bicyclic) bond motifs is 4. The third kappa shape index (κ3) is 1.85.